The third kappa shape index (κ3) is 3.78. The third-order valence-corrected chi connectivity index (χ3v) is 4.70. The minimum atomic E-state index is -0.639. The van der Waals surface area contributed by atoms with Crippen LogP contribution in [0.2, 0.25) is 0 Å². The monoisotopic (exact) mass is 353 g/mol. The summed E-state index contributed by atoms with van der Waals surface area (Å²) >= 11 is 0. The number of rotatable bonds is 6. The van der Waals surface area contributed by atoms with Crippen LogP contribution in [-0.4, -0.2) is 28.2 Å². The number of ether oxygens (including phenoxy) is 1. The lowest BCUT2D eigenvalue weighted by Gasteiger charge is -2.11. The first-order valence-corrected chi connectivity index (χ1v) is 8.72. The van der Waals surface area contributed by atoms with Crippen LogP contribution in [0.25, 0.3) is 11.0 Å². The van der Waals surface area contributed by atoms with Gasteiger partial charge in [0.2, 0.25) is 6.33 Å². The van der Waals surface area contributed by atoms with E-state index >= 15 is 0 Å². The Morgan fingerprint density at radius 1 is 1.19 bits per heavy atom. The van der Waals surface area contributed by atoms with Crippen LogP contribution in [0.5, 0.6) is 5.75 Å². The van der Waals surface area contributed by atoms with Crippen LogP contribution in [0.15, 0.2) is 42.7 Å². The van der Waals surface area contributed by atoms with Crippen LogP contribution < -0.4 is 9.30 Å². The van der Waals surface area contributed by atoms with Crippen molar-refractivity contribution in [3.8, 4) is 5.75 Å². The van der Waals surface area contributed by atoms with E-state index in [1.165, 1.54) is 18.1 Å². The molecule has 0 aliphatic carbocycles. The van der Waals surface area contributed by atoms with Crippen molar-refractivity contribution in [2.75, 3.05) is 6.61 Å². The molecule has 0 aliphatic rings. The van der Waals surface area contributed by atoms with Gasteiger partial charge in [0.25, 0.3) is 0 Å². The lowest BCUT2D eigenvalue weighted by Crippen LogP contribution is -2.27. The number of fused-ring (bicyclic) bond motifs is 1. The van der Waals surface area contributed by atoms with Crippen LogP contribution in [0, 0.1) is 13.8 Å². The predicted octanol–water partition coefficient (Wildman–Crippen LogP) is 2.73. The van der Waals surface area contributed by atoms with Crippen molar-refractivity contribution in [3.05, 3.63) is 59.4 Å². The Morgan fingerprint density at radius 3 is 2.50 bits per heavy atom. The van der Waals surface area contributed by atoms with Crippen LogP contribution >= 0.6 is 0 Å². The number of ketones is 1. The Balaban J connectivity index is 1.68. The van der Waals surface area contributed by atoms with E-state index in [-0.39, 0.29) is 12.4 Å². The highest BCUT2D eigenvalue weighted by molar-refractivity contribution is 5.94. The second-order valence-electron chi connectivity index (χ2n) is 6.85. The van der Waals surface area contributed by atoms with Crippen LogP contribution in [0.1, 0.15) is 28.4 Å². The number of aliphatic hydroxyl groups excluding tert-OH is 1. The summed E-state index contributed by atoms with van der Waals surface area (Å²) < 4.78 is 9.77. The van der Waals surface area contributed by atoms with Gasteiger partial charge in [0.05, 0.1) is 7.05 Å². The molecule has 0 fully saturated rings. The molecule has 0 unspecified atom stereocenters. The van der Waals surface area contributed by atoms with Crippen molar-refractivity contribution in [2.24, 2.45) is 7.05 Å². The minimum Gasteiger partial charge on any atom is -0.491 e. The summed E-state index contributed by atoms with van der Waals surface area (Å²) in [6.07, 6.45) is 1.36. The molecule has 0 amide bonds. The third-order valence-electron chi connectivity index (χ3n) is 4.70. The van der Waals surface area contributed by atoms with E-state index in [1.807, 2.05) is 13.4 Å². The fourth-order valence-corrected chi connectivity index (χ4v) is 3.04. The largest absolute Gasteiger partial charge is 0.491 e. The maximum atomic E-state index is 11.3. The summed E-state index contributed by atoms with van der Waals surface area (Å²) in [5.74, 6) is 0.665. The highest BCUT2D eigenvalue weighted by atomic mass is 16.5. The Hall–Kier alpha value is -2.66. The summed E-state index contributed by atoms with van der Waals surface area (Å²) in [4.78, 5) is 11.3. The second kappa shape index (κ2) is 7.30. The number of aryl methyl sites for hydroxylation is 3. The Kier molecular flexibility index (Phi) is 5.09. The molecule has 1 atom stereocenters. The number of hydrogen-bond acceptors (Lipinski definition) is 3. The lowest BCUT2D eigenvalue weighted by molar-refractivity contribution is -0.645. The van der Waals surface area contributed by atoms with Gasteiger partial charge in [-0.25, -0.2) is 9.13 Å². The Morgan fingerprint density at radius 2 is 1.85 bits per heavy atom. The highest BCUT2D eigenvalue weighted by Crippen LogP contribution is 2.18. The van der Waals surface area contributed by atoms with Gasteiger partial charge in [0, 0.05) is 5.56 Å². The van der Waals surface area contributed by atoms with Gasteiger partial charge in [-0.05, 0) is 68.3 Å². The molecular formula is C21H25N2O3+. The molecule has 0 saturated carbocycles. The molecule has 0 bridgehead atoms. The quantitative estimate of drug-likeness (QED) is 0.548. The van der Waals surface area contributed by atoms with Crippen LogP contribution in [0.4, 0.5) is 0 Å². The zero-order valence-corrected chi connectivity index (χ0v) is 15.7. The topological polar surface area (TPSA) is 55.3 Å². The predicted molar refractivity (Wildman–Crippen MR) is 101 cm³/mol. The number of aromatic nitrogens is 2. The molecular weight excluding hydrogens is 328 g/mol. The molecule has 3 aromatic rings. The summed E-state index contributed by atoms with van der Waals surface area (Å²) in [6, 6.07) is 11.3. The van der Waals surface area contributed by atoms with Gasteiger partial charge in [-0.2, -0.15) is 0 Å². The number of imidazole rings is 1. The van der Waals surface area contributed by atoms with Gasteiger partial charge in [0.15, 0.2) is 16.8 Å². The van der Waals surface area contributed by atoms with Gasteiger partial charge in [-0.1, -0.05) is 0 Å². The zero-order valence-electron chi connectivity index (χ0n) is 15.7. The second-order valence-corrected chi connectivity index (χ2v) is 6.85. The van der Waals surface area contributed by atoms with E-state index in [0.29, 0.717) is 17.9 Å². The van der Waals surface area contributed by atoms with Crippen molar-refractivity contribution in [1.29, 1.82) is 0 Å². The van der Waals surface area contributed by atoms with Gasteiger partial charge >= 0.3 is 0 Å². The highest BCUT2D eigenvalue weighted by Gasteiger charge is 2.18. The van der Waals surface area contributed by atoms with Gasteiger partial charge in [0.1, 0.15) is 25.0 Å². The van der Waals surface area contributed by atoms with E-state index in [4.69, 9.17) is 4.74 Å². The first-order valence-electron chi connectivity index (χ1n) is 8.72. The maximum absolute atomic E-state index is 11.3. The maximum Gasteiger partial charge on any atom is 0.244 e. The Labute approximate surface area is 153 Å². The fourth-order valence-electron chi connectivity index (χ4n) is 3.04. The molecule has 1 heterocycles. The fraction of sp³-hybridized carbons (Fsp3) is 0.333. The van der Waals surface area contributed by atoms with Crippen molar-refractivity contribution >= 4 is 16.8 Å². The molecule has 0 saturated heterocycles. The molecule has 0 aliphatic heterocycles. The first-order chi connectivity index (χ1) is 12.3. The number of hydrogen-bond donors (Lipinski definition) is 1. The van der Waals surface area contributed by atoms with Crippen molar-refractivity contribution < 1.29 is 19.2 Å². The molecule has 0 radical (unpaired) electrons. The van der Waals surface area contributed by atoms with E-state index in [1.54, 1.807) is 24.3 Å². The normalized spacial score (nSPS) is 12.3. The number of carbonyl (C=O) groups is 1. The smallest absolute Gasteiger partial charge is 0.244 e. The number of nitrogens with zero attached hydrogens (tertiary/aromatic N) is 2. The number of carbonyl (C=O) groups excluding carboxylic acids is 1. The summed E-state index contributed by atoms with van der Waals surface area (Å²) in [5, 5.41) is 10.4. The van der Waals surface area contributed by atoms with Crippen molar-refractivity contribution in [3.63, 3.8) is 0 Å². The summed E-state index contributed by atoms with van der Waals surface area (Å²) in [7, 11) is 2.01. The lowest BCUT2D eigenvalue weighted by atomic mass is 10.1. The molecule has 5 nitrogen and oxygen atoms in total. The van der Waals surface area contributed by atoms with Crippen LogP contribution in [0.3, 0.4) is 0 Å². The summed E-state index contributed by atoms with van der Waals surface area (Å²) in [5.41, 5.74) is 5.37. The number of Topliss-reactive ketones (excluding diaryl/α,β-unsaturated/α-hetero) is 1. The average Bonchev–Trinajstić information content (AvgIpc) is 2.89. The molecule has 1 N–H and O–H groups in total. The van der Waals surface area contributed by atoms with Gasteiger partial charge < -0.3 is 9.84 Å². The van der Waals surface area contributed by atoms with Crippen molar-refractivity contribution in [2.45, 2.75) is 33.4 Å². The van der Waals surface area contributed by atoms with E-state index in [2.05, 4.69) is 35.1 Å². The molecule has 136 valence electrons. The molecule has 3 rings (SSSR count). The van der Waals surface area contributed by atoms with Gasteiger partial charge in [-0.3, -0.25) is 4.79 Å². The molecule has 26 heavy (non-hydrogen) atoms. The molecule has 5 heteroatoms. The number of benzene rings is 2. The zero-order chi connectivity index (χ0) is 18.8. The van der Waals surface area contributed by atoms with E-state index in [9.17, 15) is 9.90 Å². The average molecular weight is 353 g/mol. The first kappa shape index (κ1) is 18.1. The SMILES string of the molecule is CC(=O)c1ccc(OC[C@@H](O)Cn2c[n+](C)c3cc(C)c(C)cc32)cc1. The van der Waals surface area contributed by atoms with Crippen molar-refractivity contribution in [1.82, 2.24) is 4.57 Å². The molecule has 2 aromatic carbocycles. The Bertz CT molecular complexity index is 942. The molecule has 0 spiro atoms. The van der Waals surface area contributed by atoms with Gasteiger partial charge in [-0.15, -0.1) is 0 Å². The van der Waals surface area contributed by atoms with E-state index in [0.717, 1.165) is 11.0 Å². The van der Waals surface area contributed by atoms with E-state index < -0.39 is 6.10 Å². The molecule has 1 aromatic heterocycles. The minimum absolute atomic E-state index is 0.0227. The van der Waals surface area contributed by atoms with Crippen LogP contribution in [-0.2, 0) is 13.6 Å². The standard InChI is InChI=1S/C21H25N2O3/c1-14-9-20-21(10-15(14)2)23(13-22(20)4)11-18(25)12-26-19-7-5-17(6-8-19)16(3)24/h5-10,13,18,25H,11-12H2,1-4H3/q+1/t18-/m0/s1. The number of aliphatic hydroxyl groups is 1. The summed E-state index contributed by atoms with van der Waals surface area (Å²) in [6.45, 7) is 6.37.